The Bertz CT molecular complexity index is 1290. The first-order valence-electron chi connectivity index (χ1n) is 10.9. The number of aryl methyl sites for hydroxylation is 1. The van der Waals surface area contributed by atoms with Crippen molar-refractivity contribution >= 4 is 23.2 Å². The van der Waals surface area contributed by atoms with Crippen LogP contribution in [0.5, 0.6) is 5.75 Å². The van der Waals surface area contributed by atoms with Crippen LogP contribution in [-0.4, -0.2) is 28.7 Å². The van der Waals surface area contributed by atoms with Crippen molar-refractivity contribution < 1.29 is 14.3 Å². The van der Waals surface area contributed by atoms with Crippen LogP contribution in [0.2, 0.25) is 0 Å². The highest BCUT2D eigenvalue weighted by molar-refractivity contribution is 6.04. The summed E-state index contributed by atoms with van der Waals surface area (Å²) in [7, 11) is 1.59. The summed E-state index contributed by atoms with van der Waals surface area (Å²) in [5.74, 6) is 0.341. The van der Waals surface area contributed by atoms with E-state index in [4.69, 9.17) is 4.74 Å². The second-order valence-electron chi connectivity index (χ2n) is 7.88. The molecule has 0 aliphatic rings. The van der Waals surface area contributed by atoms with E-state index in [1.54, 1.807) is 55.6 Å². The number of hydrogen-bond donors (Lipinski definition) is 2. The molecular formula is C27H26N4O3. The van der Waals surface area contributed by atoms with Crippen molar-refractivity contribution in [3.05, 3.63) is 101 Å². The predicted molar refractivity (Wildman–Crippen MR) is 133 cm³/mol. The summed E-state index contributed by atoms with van der Waals surface area (Å²) in [6.07, 6.45) is 0.213. The van der Waals surface area contributed by atoms with Crippen LogP contribution in [0.3, 0.4) is 0 Å². The zero-order chi connectivity index (χ0) is 24.1. The Hall–Kier alpha value is -4.39. The van der Waals surface area contributed by atoms with Crippen molar-refractivity contribution in [3.8, 4) is 11.4 Å². The molecular weight excluding hydrogens is 428 g/mol. The van der Waals surface area contributed by atoms with E-state index in [0.717, 1.165) is 28.4 Å². The molecule has 7 heteroatoms. The van der Waals surface area contributed by atoms with Gasteiger partial charge >= 0.3 is 0 Å². The Kier molecular flexibility index (Phi) is 6.73. The van der Waals surface area contributed by atoms with E-state index >= 15 is 0 Å². The zero-order valence-electron chi connectivity index (χ0n) is 19.3. The Balaban J connectivity index is 1.38. The Labute approximate surface area is 198 Å². The van der Waals surface area contributed by atoms with Crippen molar-refractivity contribution in [1.82, 2.24) is 9.78 Å². The zero-order valence-corrected chi connectivity index (χ0v) is 19.3. The van der Waals surface area contributed by atoms with Crippen molar-refractivity contribution in [3.63, 3.8) is 0 Å². The fraction of sp³-hybridized carbons (Fsp3) is 0.148. The first-order chi connectivity index (χ1) is 16.4. The largest absolute Gasteiger partial charge is 0.497 e. The van der Waals surface area contributed by atoms with Crippen molar-refractivity contribution in [2.24, 2.45) is 0 Å². The molecule has 2 N–H and O–H groups in total. The predicted octanol–water partition coefficient (Wildman–Crippen LogP) is 4.93. The Morgan fingerprint density at radius 2 is 1.47 bits per heavy atom. The molecule has 0 atom stereocenters. The third-order valence-corrected chi connectivity index (χ3v) is 5.56. The molecule has 0 bridgehead atoms. The quantitative estimate of drug-likeness (QED) is 0.415. The number of amides is 2. The smallest absolute Gasteiger partial charge is 0.255 e. The highest BCUT2D eigenvalue weighted by atomic mass is 16.5. The molecule has 0 saturated carbocycles. The molecule has 0 spiro atoms. The number of para-hydroxylation sites is 1. The van der Waals surface area contributed by atoms with E-state index in [9.17, 15) is 9.59 Å². The molecule has 0 unspecified atom stereocenters. The van der Waals surface area contributed by atoms with Gasteiger partial charge in [0.1, 0.15) is 5.75 Å². The minimum absolute atomic E-state index is 0.144. The number of nitrogens with one attached hydrogen (secondary N) is 2. The summed E-state index contributed by atoms with van der Waals surface area (Å²) < 4.78 is 6.98. The van der Waals surface area contributed by atoms with Gasteiger partial charge in [-0.2, -0.15) is 5.10 Å². The molecule has 4 rings (SSSR count). The SMILES string of the molecule is COc1ccc(NC(=O)c2ccc(NC(=O)Cc3c(C)nn(-c4ccccc4)c3C)cc2)cc1. The van der Waals surface area contributed by atoms with E-state index in [1.807, 2.05) is 48.9 Å². The number of ether oxygens (including phenoxy) is 1. The number of rotatable bonds is 7. The van der Waals surface area contributed by atoms with Gasteiger partial charge in [0.05, 0.1) is 24.9 Å². The van der Waals surface area contributed by atoms with Crippen LogP contribution in [0.1, 0.15) is 27.3 Å². The molecule has 0 aliphatic heterocycles. The topological polar surface area (TPSA) is 85.2 Å². The lowest BCUT2D eigenvalue weighted by Gasteiger charge is -2.09. The van der Waals surface area contributed by atoms with Gasteiger partial charge in [-0.3, -0.25) is 9.59 Å². The first-order valence-corrected chi connectivity index (χ1v) is 10.9. The molecule has 0 saturated heterocycles. The summed E-state index contributed by atoms with van der Waals surface area (Å²) in [6.45, 7) is 3.87. The number of aromatic nitrogens is 2. The van der Waals surface area contributed by atoms with E-state index in [1.165, 1.54) is 0 Å². The normalized spacial score (nSPS) is 10.6. The van der Waals surface area contributed by atoms with Gasteiger partial charge < -0.3 is 15.4 Å². The van der Waals surface area contributed by atoms with Gasteiger partial charge in [0, 0.05) is 28.2 Å². The van der Waals surface area contributed by atoms with Gasteiger partial charge in [0.15, 0.2) is 0 Å². The molecule has 2 amide bonds. The third kappa shape index (κ3) is 5.15. The van der Waals surface area contributed by atoms with Gasteiger partial charge in [-0.1, -0.05) is 18.2 Å². The average molecular weight is 455 g/mol. The molecule has 172 valence electrons. The maximum atomic E-state index is 12.7. The van der Waals surface area contributed by atoms with Crippen molar-refractivity contribution in [2.75, 3.05) is 17.7 Å². The summed E-state index contributed by atoms with van der Waals surface area (Å²) in [4.78, 5) is 25.2. The van der Waals surface area contributed by atoms with E-state index in [-0.39, 0.29) is 18.2 Å². The van der Waals surface area contributed by atoms with Gasteiger partial charge in [-0.05, 0) is 74.5 Å². The number of benzene rings is 3. The fourth-order valence-corrected chi connectivity index (χ4v) is 3.70. The lowest BCUT2D eigenvalue weighted by Crippen LogP contribution is -2.16. The first kappa shape index (κ1) is 22.8. The molecule has 1 heterocycles. The molecule has 0 radical (unpaired) electrons. The summed E-state index contributed by atoms with van der Waals surface area (Å²) >= 11 is 0. The molecule has 34 heavy (non-hydrogen) atoms. The van der Waals surface area contributed by atoms with E-state index < -0.39 is 0 Å². The van der Waals surface area contributed by atoms with Gasteiger partial charge in [0.25, 0.3) is 5.91 Å². The van der Waals surface area contributed by atoms with Gasteiger partial charge in [-0.25, -0.2) is 4.68 Å². The second kappa shape index (κ2) is 10.0. The third-order valence-electron chi connectivity index (χ3n) is 5.56. The monoisotopic (exact) mass is 454 g/mol. The van der Waals surface area contributed by atoms with Crippen LogP contribution in [0.15, 0.2) is 78.9 Å². The average Bonchev–Trinajstić information content (AvgIpc) is 3.13. The number of carbonyl (C=O) groups excluding carboxylic acids is 2. The number of nitrogens with zero attached hydrogens (tertiary/aromatic N) is 2. The summed E-state index contributed by atoms with van der Waals surface area (Å²) in [5, 5.41) is 10.3. The van der Waals surface area contributed by atoms with E-state index in [2.05, 4.69) is 15.7 Å². The molecule has 7 nitrogen and oxygen atoms in total. The number of hydrogen-bond acceptors (Lipinski definition) is 4. The molecule has 1 aromatic heterocycles. The highest BCUT2D eigenvalue weighted by Gasteiger charge is 2.16. The van der Waals surface area contributed by atoms with Crippen LogP contribution < -0.4 is 15.4 Å². The lowest BCUT2D eigenvalue weighted by atomic mass is 10.1. The van der Waals surface area contributed by atoms with Gasteiger partial charge in [0.2, 0.25) is 5.91 Å². The molecule has 0 aliphatic carbocycles. The molecule has 4 aromatic rings. The maximum absolute atomic E-state index is 12.7. The maximum Gasteiger partial charge on any atom is 0.255 e. The minimum atomic E-state index is -0.234. The number of carbonyl (C=O) groups is 2. The lowest BCUT2D eigenvalue weighted by molar-refractivity contribution is -0.115. The highest BCUT2D eigenvalue weighted by Crippen LogP contribution is 2.20. The summed E-state index contributed by atoms with van der Waals surface area (Å²) in [6, 6.07) is 23.7. The Morgan fingerprint density at radius 3 is 2.12 bits per heavy atom. The van der Waals surface area contributed by atoms with Crippen molar-refractivity contribution in [1.29, 1.82) is 0 Å². The van der Waals surface area contributed by atoms with Crippen LogP contribution >= 0.6 is 0 Å². The minimum Gasteiger partial charge on any atom is -0.497 e. The molecule has 3 aromatic carbocycles. The van der Waals surface area contributed by atoms with Crippen LogP contribution in [-0.2, 0) is 11.2 Å². The second-order valence-corrected chi connectivity index (χ2v) is 7.88. The van der Waals surface area contributed by atoms with Crippen LogP contribution in [0, 0.1) is 13.8 Å². The standard InChI is InChI=1S/C27H26N4O3/c1-18-25(19(2)31(30-18)23-7-5-4-6-8-23)17-26(32)28-21-11-9-20(10-12-21)27(33)29-22-13-15-24(34-3)16-14-22/h4-16H,17H2,1-3H3,(H,28,32)(H,29,33). The number of methoxy groups -OCH3 is 1. The van der Waals surface area contributed by atoms with Crippen molar-refractivity contribution in [2.45, 2.75) is 20.3 Å². The Morgan fingerprint density at radius 1 is 0.853 bits per heavy atom. The fourth-order valence-electron chi connectivity index (χ4n) is 3.70. The summed E-state index contributed by atoms with van der Waals surface area (Å²) in [5.41, 5.74) is 5.40. The molecule has 0 fully saturated rings. The van der Waals surface area contributed by atoms with Crippen LogP contribution in [0.25, 0.3) is 5.69 Å². The van der Waals surface area contributed by atoms with Gasteiger partial charge in [-0.15, -0.1) is 0 Å². The van der Waals surface area contributed by atoms with Crippen LogP contribution in [0.4, 0.5) is 11.4 Å². The van der Waals surface area contributed by atoms with E-state index in [0.29, 0.717) is 16.9 Å². The number of anilines is 2.